The molecule has 2 N–H and O–H groups in total. The molecule has 1 aromatic heterocycles. The van der Waals surface area contributed by atoms with Crippen LogP contribution >= 0.6 is 11.3 Å². The van der Waals surface area contributed by atoms with Crippen LogP contribution in [0.3, 0.4) is 0 Å². The number of hydrogen-bond acceptors (Lipinski definition) is 6. The van der Waals surface area contributed by atoms with Gasteiger partial charge in [0.05, 0.1) is 29.5 Å². The zero-order valence-corrected chi connectivity index (χ0v) is 25.8. The summed E-state index contributed by atoms with van der Waals surface area (Å²) in [4.78, 5) is 38.7. The first-order chi connectivity index (χ1) is 21.8. The molecule has 0 spiro atoms. The highest BCUT2D eigenvalue weighted by Crippen LogP contribution is 2.41. The highest BCUT2D eigenvalue weighted by Gasteiger charge is 2.35. The number of methoxy groups -OCH3 is 1. The van der Waals surface area contributed by atoms with E-state index in [0.29, 0.717) is 29.0 Å². The van der Waals surface area contributed by atoms with Gasteiger partial charge in [0.25, 0.3) is 11.8 Å². The minimum atomic E-state index is -5.08. The van der Waals surface area contributed by atoms with Gasteiger partial charge in [0.2, 0.25) is 0 Å². The van der Waals surface area contributed by atoms with Crippen LogP contribution in [0.1, 0.15) is 57.5 Å². The first kappa shape index (κ1) is 34.9. The molecule has 0 aliphatic carbocycles. The number of alkyl halides is 6. The lowest BCUT2D eigenvalue weighted by Gasteiger charge is -2.17. The summed E-state index contributed by atoms with van der Waals surface area (Å²) >= 11 is 0.544. The van der Waals surface area contributed by atoms with Gasteiger partial charge in [0.15, 0.2) is 0 Å². The molecule has 15 heteroatoms. The van der Waals surface area contributed by atoms with Gasteiger partial charge in [-0.3, -0.25) is 9.59 Å². The molecule has 0 aliphatic rings. The van der Waals surface area contributed by atoms with Crippen molar-refractivity contribution in [1.82, 2.24) is 0 Å². The molecule has 3 aromatic carbocycles. The number of carbonyl (C=O) groups is 3. The average Bonchev–Trinajstić information content (AvgIpc) is 3.32. The quantitative estimate of drug-likeness (QED) is 0.115. The minimum Gasteiger partial charge on any atom is -0.496 e. The summed E-state index contributed by atoms with van der Waals surface area (Å²) in [6.07, 6.45) is -7.31. The fourth-order valence-corrected chi connectivity index (χ4v) is 5.35. The summed E-state index contributed by atoms with van der Waals surface area (Å²) in [7, 11) is 1.28. The van der Waals surface area contributed by atoms with Gasteiger partial charge in [-0.05, 0) is 74.9 Å². The number of benzene rings is 3. The van der Waals surface area contributed by atoms with E-state index in [1.165, 1.54) is 31.4 Å². The second kappa shape index (κ2) is 13.1. The van der Waals surface area contributed by atoms with Crippen molar-refractivity contribution in [3.05, 3.63) is 93.6 Å². The number of amides is 2. The monoisotopic (exact) mass is 682 g/mol. The van der Waals surface area contributed by atoms with E-state index in [2.05, 4.69) is 10.6 Å². The van der Waals surface area contributed by atoms with Crippen LogP contribution in [0.4, 0.5) is 42.1 Å². The Balaban J connectivity index is 1.74. The third kappa shape index (κ3) is 8.47. The topological polar surface area (TPSA) is 93.7 Å². The number of carbonyl (C=O) groups excluding carboxylic acids is 3. The molecular formula is C32H25F7N2O5S. The third-order valence-corrected chi connectivity index (χ3v) is 7.43. The molecule has 1 heterocycles. The zero-order chi connectivity index (χ0) is 34.9. The van der Waals surface area contributed by atoms with E-state index in [1.807, 2.05) is 0 Å². The molecule has 4 aromatic rings. The minimum absolute atomic E-state index is 0.0246. The summed E-state index contributed by atoms with van der Waals surface area (Å²) in [5.41, 5.74) is -3.88. The molecule has 0 saturated carbocycles. The summed E-state index contributed by atoms with van der Waals surface area (Å²) in [6.45, 7) is 5.04. The van der Waals surface area contributed by atoms with E-state index in [0.717, 1.165) is 30.3 Å². The smallest absolute Gasteiger partial charge is 0.419 e. The van der Waals surface area contributed by atoms with E-state index >= 15 is 0 Å². The first-order valence-electron chi connectivity index (χ1n) is 13.5. The SMILES string of the molecule is COc1ccc(/C=C/C(=O)OC(C)(C)C)cc1C(=O)Nc1c(C(=O)Nc2ccc(F)c(C(F)(F)F)c2)sc2cc(C(F)(F)F)ccc12. The predicted molar refractivity (Wildman–Crippen MR) is 162 cm³/mol. The lowest BCUT2D eigenvalue weighted by Crippen LogP contribution is -2.22. The summed E-state index contributed by atoms with van der Waals surface area (Å²) < 4.78 is 104. The Morgan fingerprint density at radius 2 is 1.53 bits per heavy atom. The molecule has 0 fully saturated rings. The second-order valence-electron chi connectivity index (χ2n) is 10.9. The maximum absolute atomic E-state index is 13.8. The number of halogens is 7. The Morgan fingerprint density at radius 3 is 2.15 bits per heavy atom. The van der Waals surface area contributed by atoms with E-state index in [1.54, 1.807) is 20.8 Å². The number of thiophene rings is 1. The number of hydrogen-bond donors (Lipinski definition) is 2. The van der Waals surface area contributed by atoms with Crippen molar-refractivity contribution in [3.8, 4) is 5.75 Å². The van der Waals surface area contributed by atoms with Crippen LogP contribution < -0.4 is 15.4 Å². The largest absolute Gasteiger partial charge is 0.496 e. The third-order valence-electron chi connectivity index (χ3n) is 6.28. The first-order valence-corrected chi connectivity index (χ1v) is 14.3. The molecule has 0 radical (unpaired) electrons. The Morgan fingerprint density at radius 1 is 0.830 bits per heavy atom. The van der Waals surface area contributed by atoms with Crippen LogP contribution in [0.2, 0.25) is 0 Å². The van der Waals surface area contributed by atoms with Crippen molar-refractivity contribution >= 4 is 56.7 Å². The lowest BCUT2D eigenvalue weighted by molar-refractivity contribution is -0.148. The van der Waals surface area contributed by atoms with Gasteiger partial charge >= 0.3 is 18.3 Å². The van der Waals surface area contributed by atoms with Gasteiger partial charge in [-0.15, -0.1) is 11.3 Å². The maximum atomic E-state index is 13.8. The lowest BCUT2D eigenvalue weighted by atomic mass is 10.1. The zero-order valence-electron chi connectivity index (χ0n) is 24.9. The molecular weight excluding hydrogens is 657 g/mol. The Kier molecular flexibility index (Phi) is 9.71. The van der Waals surface area contributed by atoms with Crippen molar-refractivity contribution < 1.29 is 54.6 Å². The van der Waals surface area contributed by atoms with Crippen LogP contribution in [-0.4, -0.2) is 30.5 Å². The van der Waals surface area contributed by atoms with Gasteiger partial charge in [-0.1, -0.05) is 12.1 Å². The van der Waals surface area contributed by atoms with Crippen molar-refractivity contribution in [1.29, 1.82) is 0 Å². The van der Waals surface area contributed by atoms with Crippen LogP contribution in [0, 0.1) is 5.82 Å². The Bertz CT molecular complexity index is 1890. The van der Waals surface area contributed by atoms with E-state index in [4.69, 9.17) is 9.47 Å². The fourth-order valence-electron chi connectivity index (χ4n) is 4.25. The van der Waals surface area contributed by atoms with Crippen LogP contribution in [0.15, 0.2) is 60.7 Å². The van der Waals surface area contributed by atoms with Crippen molar-refractivity contribution in [2.75, 3.05) is 17.7 Å². The number of nitrogens with one attached hydrogen (secondary N) is 2. The van der Waals surface area contributed by atoms with Crippen LogP contribution in [0.5, 0.6) is 5.75 Å². The Labute approximate surface area is 267 Å². The number of ether oxygens (including phenoxy) is 2. The van der Waals surface area contributed by atoms with Crippen molar-refractivity contribution in [2.24, 2.45) is 0 Å². The highest BCUT2D eigenvalue weighted by atomic mass is 32.1. The van der Waals surface area contributed by atoms with Crippen LogP contribution in [0.25, 0.3) is 16.2 Å². The number of rotatable bonds is 7. The highest BCUT2D eigenvalue weighted by molar-refractivity contribution is 7.21. The molecule has 47 heavy (non-hydrogen) atoms. The summed E-state index contributed by atoms with van der Waals surface area (Å²) in [5.74, 6) is -4.13. The van der Waals surface area contributed by atoms with Gasteiger partial charge < -0.3 is 20.1 Å². The molecule has 7 nitrogen and oxygen atoms in total. The molecule has 0 saturated heterocycles. The normalized spacial score (nSPS) is 12.3. The number of esters is 1. The molecule has 0 aliphatic heterocycles. The average molecular weight is 683 g/mol. The maximum Gasteiger partial charge on any atom is 0.419 e. The molecule has 2 amide bonds. The fraction of sp³-hybridized carbons (Fsp3) is 0.219. The molecule has 0 atom stereocenters. The molecule has 248 valence electrons. The molecule has 4 rings (SSSR count). The molecule has 0 bridgehead atoms. The van der Waals surface area contributed by atoms with Crippen molar-refractivity contribution in [3.63, 3.8) is 0 Å². The van der Waals surface area contributed by atoms with Crippen LogP contribution in [-0.2, 0) is 21.9 Å². The van der Waals surface area contributed by atoms with Gasteiger partial charge in [0, 0.05) is 21.8 Å². The standard InChI is InChI=1S/C32H25F7N2O5S/c1-30(2,3)46-25(42)12-6-16-5-11-23(45-4)20(13-16)28(43)41-26-19-9-7-17(31(34,35)36)14-24(19)47-27(26)29(44)40-18-8-10-22(33)21(15-18)32(37,38)39/h5-15H,1-4H3,(H,40,44)(H,41,43)/b12-6+. The van der Waals surface area contributed by atoms with E-state index in [9.17, 15) is 45.1 Å². The number of anilines is 2. The van der Waals surface area contributed by atoms with Gasteiger partial charge in [-0.25, -0.2) is 9.18 Å². The van der Waals surface area contributed by atoms with E-state index < -0.39 is 58.4 Å². The summed E-state index contributed by atoms with van der Waals surface area (Å²) in [6, 6.07) is 8.58. The van der Waals surface area contributed by atoms with Gasteiger partial charge in [-0.2, -0.15) is 26.3 Å². The summed E-state index contributed by atoms with van der Waals surface area (Å²) in [5, 5.41) is 4.72. The van der Waals surface area contributed by atoms with E-state index in [-0.39, 0.29) is 32.0 Å². The van der Waals surface area contributed by atoms with Crippen molar-refractivity contribution in [2.45, 2.75) is 38.7 Å². The Hall–Kier alpha value is -4.92. The number of fused-ring (bicyclic) bond motifs is 1. The van der Waals surface area contributed by atoms with Gasteiger partial charge in [0.1, 0.15) is 22.0 Å². The predicted octanol–water partition coefficient (Wildman–Crippen LogP) is 8.95. The second-order valence-corrected chi connectivity index (χ2v) is 12.0. The molecule has 0 unspecified atom stereocenters.